The molecule has 2 aromatic rings. The minimum Gasteiger partial charge on any atom is -0.497 e. The lowest BCUT2D eigenvalue weighted by Crippen LogP contribution is -2.24. The second-order valence-electron chi connectivity index (χ2n) is 5.23. The first-order valence-corrected chi connectivity index (χ1v) is 6.82. The molecule has 0 aromatic heterocycles. The van der Waals surface area contributed by atoms with Crippen LogP contribution in [0.1, 0.15) is 23.1 Å². The monoisotopic (exact) mass is 288 g/mol. The van der Waals surface area contributed by atoms with Crippen LogP contribution in [-0.4, -0.2) is 19.3 Å². The first kappa shape index (κ1) is 13.9. The van der Waals surface area contributed by atoms with Crippen LogP contribution < -0.4 is 9.47 Å². The van der Waals surface area contributed by atoms with Gasteiger partial charge in [0.1, 0.15) is 22.9 Å². The highest BCUT2D eigenvalue weighted by Gasteiger charge is 2.40. The maximum atomic E-state index is 13.9. The summed E-state index contributed by atoms with van der Waals surface area (Å²) in [5.41, 5.74) is 0.654. The SMILES string of the molecule is COc1cc(OC)cc(C2(O)CCc3c(F)cccc32)c1. The molecule has 21 heavy (non-hydrogen) atoms. The molecule has 0 saturated heterocycles. The normalized spacial score (nSPS) is 20.2. The average molecular weight is 288 g/mol. The number of halogens is 1. The van der Waals surface area contributed by atoms with E-state index in [-0.39, 0.29) is 5.82 Å². The smallest absolute Gasteiger partial charge is 0.126 e. The van der Waals surface area contributed by atoms with Gasteiger partial charge in [-0.3, -0.25) is 0 Å². The molecule has 1 atom stereocenters. The summed E-state index contributed by atoms with van der Waals surface area (Å²) >= 11 is 0. The Bertz CT molecular complexity index is 661. The van der Waals surface area contributed by atoms with Gasteiger partial charge in [-0.1, -0.05) is 12.1 Å². The molecular formula is C17H17FO3. The molecule has 2 aromatic carbocycles. The van der Waals surface area contributed by atoms with E-state index in [0.717, 1.165) is 0 Å². The maximum absolute atomic E-state index is 13.9. The van der Waals surface area contributed by atoms with Crippen LogP contribution in [0.3, 0.4) is 0 Å². The van der Waals surface area contributed by atoms with Crippen LogP contribution in [-0.2, 0) is 12.0 Å². The minimum absolute atomic E-state index is 0.265. The molecule has 0 spiro atoms. The van der Waals surface area contributed by atoms with E-state index in [1.54, 1.807) is 44.6 Å². The minimum atomic E-state index is -1.21. The zero-order valence-electron chi connectivity index (χ0n) is 12.0. The lowest BCUT2D eigenvalue weighted by atomic mass is 9.87. The van der Waals surface area contributed by atoms with Crippen LogP contribution in [0.5, 0.6) is 11.5 Å². The molecule has 1 unspecified atom stereocenters. The second kappa shape index (κ2) is 5.04. The van der Waals surface area contributed by atoms with Crippen molar-refractivity contribution in [1.29, 1.82) is 0 Å². The van der Waals surface area contributed by atoms with E-state index in [9.17, 15) is 9.50 Å². The molecule has 1 aliphatic carbocycles. The van der Waals surface area contributed by atoms with Crippen molar-refractivity contribution in [2.45, 2.75) is 18.4 Å². The first-order chi connectivity index (χ1) is 10.1. The summed E-state index contributed by atoms with van der Waals surface area (Å²) in [7, 11) is 3.12. The number of methoxy groups -OCH3 is 2. The van der Waals surface area contributed by atoms with Gasteiger partial charge in [-0.25, -0.2) is 4.39 Å². The highest BCUT2D eigenvalue weighted by atomic mass is 19.1. The fourth-order valence-corrected chi connectivity index (χ4v) is 2.99. The molecule has 3 rings (SSSR count). The van der Waals surface area contributed by atoms with E-state index in [2.05, 4.69) is 0 Å². The third kappa shape index (κ3) is 2.16. The third-order valence-corrected chi connectivity index (χ3v) is 4.13. The van der Waals surface area contributed by atoms with Crippen molar-refractivity contribution in [2.24, 2.45) is 0 Å². The predicted octanol–water partition coefficient (Wildman–Crippen LogP) is 3.03. The van der Waals surface area contributed by atoms with Gasteiger partial charge in [0.25, 0.3) is 0 Å². The number of aliphatic hydroxyl groups is 1. The summed E-state index contributed by atoms with van der Waals surface area (Å²) < 4.78 is 24.4. The molecule has 1 N–H and O–H groups in total. The predicted molar refractivity (Wildman–Crippen MR) is 77.3 cm³/mol. The quantitative estimate of drug-likeness (QED) is 0.943. The molecule has 110 valence electrons. The summed E-state index contributed by atoms with van der Waals surface area (Å²) in [4.78, 5) is 0. The lowest BCUT2D eigenvalue weighted by molar-refractivity contribution is 0.0824. The molecular weight excluding hydrogens is 271 g/mol. The summed E-state index contributed by atoms with van der Waals surface area (Å²) in [5, 5.41) is 11.1. The highest BCUT2D eigenvalue weighted by molar-refractivity contribution is 5.50. The fraction of sp³-hybridized carbons (Fsp3) is 0.294. The third-order valence-electron chi connectivity index (χ3n) is 4.13. The Morgan fingerprint density at radius 3 is 2.38 bits per heavy atom. The highest BCUT2D eigenvalue weighted by Crippen LogP contribution is 2.44. The molecule has 0 saturated carbocycles. The van der Waals surface area contributed by atoms with Crippen molar-refractivity contribution >= 4 is 0 Å². The average Bonchev–Trinajstić information content (AvgIpc) is 2.87. The summed E-state index contributed by atoms with van der Waals surface area (Å²) in [6.45, 7) is 0. The van der Waals surface area contributed by atoms with Gasteiger partial charge in [0.2, 0.25) is 0 Å². The Kier molecular flexibility index (Phi) is 3.33. The van der Waals surface area contributed by atoms with Crippen LogP contribution >= 0.6 is 0 Å². The number of rotatable bonds is 3. The van der Waals surface area contributed by atoms with E-state index in [4.69, 9.17) is 9.47 Å². The van der Waals surface area contributed by atoms with Gasteiger partial charge in [0.15, 0.2) is 0 Å². The largest absolute Gasteiger partial charge is 0.497 e. The van der Waals surface area contributed by atoms with Crippen molar-refractivity contribution in [1.82, 2.24) is 0 Å². The lowest BCUT2D eigenvalue weighted by Gasteiger charge is -2.25. The van der Waals surface area contributed by atoms with Crippen LogP contribution in [0, 0.1) is 5.82 Å². The van der Waals surface area contributed by atoms with E-state index in [1.165, 1.54) is 6.07 Å². The number of fused-ring (bicyclic) bond motifs is 1. The van der Waals surface area contributed by atoms with Crippen LogP contribution in [0.25, 0.3) is 0 Å². The standard InChI is InChI=1S/C17H17FO3/c1-20-12-8-11(9-13(10-12)21-2)17(19)7-6-14-15(17)4-3-5-16(14)18/h3-5,8-10,19H,6-7H2,1-2H3. The van der Waals surface area contributed by atoms with Gasteiger partial charge < -0.3 is 14.6 Å². The molecule has 0 heterocycles. The van der Waals surface area contributed by atoms with Crippen molar-refractivity contribution in [3.05, 3.63) is 58.9 Å². The Morgan fingerprint density at radius 1 is 1.10 bits per heavy atom. The summed E-state index contributed by atoms with van der Waals surface area (Å²) in [5.74, 6) is 0.934. The number of ether oxygens (including phenoxy) is 2. The van der Waals surface area contributed by atoms with Crippen molar-refractivity contribution < 1.29 is 19.0 Å². The Hall–Kier alpha value is -2.07. The molecule has 0 radical (unpaired) electrons. The van der Waals surface area contributed by atoms with E-state index in [0.29, 0.717) is 41.0 Å². The number of hydrogen-bond donors (Lipinski definition) is 1. The molecule has 3 nitrogen and oxygen atoms in total. The van der Waals surface area contributed by atoms with Crippen LogP contribution in [0.15, 0.2) is 36.4 Å². The summed E-state index contributed by atoms with van der Waals surface area (Å²) in [6, 6.07) is 10.1. The molecule has 0 amide bonds. The molecule has 1 aliphatic rings. The molecule has 0 aliphatic heterocycles. The molecule has 0 bridgehead atoms. The Balaban J connectivity index is 2.15. The second-order valence-corrected chi connectivity index (χ2v) is 5.23. The van der Waals surface area contributed by atoms with Gasteiger partial charge >= 0.3 is 0 Å². The van der Waals surface area contributed by atoms with E-state index < -0.39 is 5.60 Å². The van der Waals surface area contributed by atoms with Crippen molar-refractivity contribution in [3.8, 4) is 11.5 Å². The molecule has 0 fully saturated rings. The van der Waals surface area contributed by atoms with E-state index in [1.807, 2.05) is 0 Å². The van der Waals surface area contributed by atoms with Gasteiger partial charge in [-0.15, -0.1) is 0 Å². The Morgan fingerprint density at radius 2 is 1.76 bits per heavy atom. The number of hydrogen-bond acceptors (Lipinski definition) is 3. The first-order valence-electron chi connectivity index (χ1n) is 6.82. The summed E-state index contributed by atoms with van der Waals surface area (Å²) in [6.07, 6.45) is 0.956. The van der Waals surface area contributed by atoms with Crippen LogP contribution in [0.2, 0.25) is 0 Å². The van der Waals surface area contributed by atoms with Crippen LogP contribution in [0.4, 0.5) is 4.39 Å². The van der Waals surface area contributed by atoms with Gasteiger partial charge in [0.05, 0.1) is 14.2 Å². The zero-order valence-corrected chi connectivity index (χ0v) is 12.0. The fourth-order valence-electron chi connectivity index (χ4n) is 2.99. The molecule has 4 heteroatoms. The van der Waals surface area contributed by atoms with Crippen molar-refractivity contribution in [2.75, 3.05) is 14.2 Å². The van der Waals surface area contributed by atoms with Gasteiger partial charge in [-0.05, 0) is 47.7 Å². The van der Waals surface area contributed by atoms with Gasteiger partial charge in [-0.2, -0.15) is 0 Å². The van der Waals surface area contributed by atoms with Gasteiger partial charge in [0, 0.05) is 6.07 Å². The zero-order chi connectivity index (χ0) is 15.0. The van der Waals surface area contributed by atoms with Crippen molar-refractivity contribution in [3.63, 3.8) is 0 Å². The Labute approximate surface area is 122 Å². The van der Waals surface area contributed by atoms with E-state index >= 15 is 0 Å². The number of benzene rings is 2. The maximum Gasteiger partial charge on any atom is 0.126 e. The topological polar surface area (TPSA) is 38.7 Å².